The van der Waals surface area contributed by atoms with Gasteiger partial charge < -0.3 is 9.88 Å². The molecule has 0 unspecified atom stereocenters. The Balaban J connectivity index is 1.66. The summed E-state index contributed by atoms with van der Waals surface area (Å²) in [6, 6.07) is 8.90. The third-order valence-electron chi connectivity index (χ3n) is 3.72. The first-order chi connectivity index (χ1) is 10.3. The monoisotopic (exact) mass is 280 g/mol. The summed E-state index contributed by atoms with van der Waals surface area (Å²) in [5, 5.41) is 11.6. The van der Waals surface area contributed by atoms with Crippen molar-refractivity contribution in [1.29, 1.82) is 5.26 Å². The largest absolute Gasteiger partial charge is 0.325 e. The van der Waals surface area contributed by atoms with Crippen LogP contribution in [0.5, 0.6) is 0 Å². The van der Waals surface area contributed by atoms with Crippen molar-refractivity contribution in [3.63, 3.8) is 0 Å². The molecule has 0 spiro atoms. The number of carbonyl (C=O) groups is 1. The Morgan fingerprint density at radius 1 is 1.29 bits per heavy atom. The van der Waals surface area contributed by atoms with E-state index in [1.807, 2.05) is 4.57 Å². The van der Waals surface area contributed by atoms with Crippen molar-refractivity contribution < 1.29 is 4.79 Å². The van der Waals surface area contributed by atoms with Crippen LogP contribution in [0.3, 0.4) is 0 Å². The first-order valence-electron chi connectivity index (χ1n) is 7.09. The van der Waals surface area contributed by atoms with E-state index >= 15 is 0 Å². The summed E-state index contributed by atoms with van der Waals surface area (Å²) in [6.45, 7) is 0.280. The van der Waals surface area contributed by atoms with Gasteiger partial charge >= 0.3 is 0 Å². The maximum absolute atomic E-state index is 12.1. The molecular formula is C16H16N4O. The topological polar surface area (TPSA) is 70.7 Å². The second kappa shape index (κ2) is 5.80. The van der Waals surface area contributed by atoms with E-state index in [1.54, 1.807) is 30.6 Å². The molecule has 1 aliphatic rings. The predicted octanol–water partition coefficient (Wildman–Crippen LogP) is 2.27. The number of fused-ring (bicyclic) bond motifs is 1. The van der Waals surface area contributed by atoms with Gasteiger partial charge in [0, 0.05) is 11.4 Å². The lowest BCUT2D eigenvalue weighted by molar-refractivity contribution is -0.116. The SMILES string of the molecule is N#Cc1ccc(NC(=O)Cn2cnc3c2CCCC3)cc1. The standard InChI is InChI=1S/C16H16N4O/c17-9-12-5-7-13(8-6-12)19-16(21)10-20-11-18-14-3-1-2-4-15(14)20/h5-8,11H,1-4,10H2,(H,19,21). The summed E-state index contributed by atoms with van der Waals surface area (Å²) >= 11 is 0. The number of anilines is 1. The molecule has 0 fully saturated rings. The fraction of sp³-hybridized carbons (Fsp3) is 0.312. The molecule has 1 aliphatic carbocycles. The van der Waals surface area contributed by atoms with Crippen molar-refractivity contribution in [2.24, 2.45) is 0 Å². The number of nitriles is 1. The number of nitrogens with one attached hydrogen (secondary N) is 1. The van der Waals surface area contributed by atoms with E-state index in [4.69, 9.17) is 5.26 Å². The van der Waals surface area contributed by atoms with Crippen LogP contribution in [-0.2, 0) is 24.2 Å². The summed E-state index contributed by atoms with van der Waals surface area (Å²) < 4.78 is 1.94. The fourth-order valence-corrected chi connectivity index (χ4v) is 2.65. The predicted molar refractivity (Wildman–Crippen MR) is 78.7 cm³/mol. The highest BCUT2D eigenvalue weighted by atomic mass is 16.1. The number of nitrogens with zero attached hydrogens (tertiary/aromatic N) is 3. The van der Waals surface area contributed by atoms with Crippen LogP contribution in [0.15, 0.2) is 30.6 Å². The van der Waals surface area contributed by atoms with Gasteiger partial charge in [0.15, 0.2) is 0 Å². The number of rotatable bonds is 3. The van der Waals surface area contributed by atoms with Crippen molar-refractivity contribution in [2.45, 2.75) is 32.2 Å². The Bertz CT molecular complexity index is 694. The summed E-state index contributed by atoms with van der Waals surface area (Å²) in [7, 11) is 0. The van der Waals surface area contributed by atoms with Gasteiger partial charge in [-0.05, 0) is 49.9 Å². The molecule has 0 bridgehead atoms. The Morgan fingerprint density at radius 3 is 2.81 bits per heavy atom. The molecule has 1 aromatic carbocycles. The van der Waals surface area contributed by atoms with Gasteiger partial charge in [-0.15, -0.1) is 0 Å². The summed E-state index contributed by atoms with van der Waals surface area (Å²) in [5.74, 6) is -0.0783. The van der Waals surface area contributed by atoms with Crippen molar-refractivity contribution in [1.82, 2.24) is 9.55 Å². The maximum atomic E-state index is 12.1. The van der Waals surface area contributed by atoms with Gasteiger partial charge in [-0.25, -0.2) is 4.98 Å². The number of carbonyl (C=O) groups excluding carboxylic acids is 1. The van der Waals surface area contributed by atoms with E-state index in [0.717, 1.165) is 25.0 Å². The van der Waals surface area contributed by atoms with E-state index in [9.17, 15) is 4.79 Å². The van der Waals surface area contributed by atoms with Crippen molar-refractivity contribution in [3.05, 3.63) is 47.5 Å². The van der Waals surface area contributed by atoms with Crippen LogP contribution in [0.1, 0.15) is 29.8 Å². The molecule has 1 amide bonds. The minimum atomic E-state index is -0.0783. The first kappa shape index (κ1) is 13.4. The lowest BCUT2D eigenvalue weighted by Crippen LogP contribution is -2.20. The number of aryl methyl sites for hydroxylation is 1. The normalized spacial score (nSPS) is 13.3. The molecule has 106 valence electrons. The zero-order valence-corrected chi connectivity index (χ0v) is 11.7. The van der Waals surface area contributed by atoms with Crippen LogP contribution in [0.2, 0.25) is 0 Å². The van der Waals surface area contributed by atoms with E-state index in [0.29, 0.717) is 11.3 Å². The fourth-order valence-electron chi connectivity index (χ4n) is 2.65. The van der Waals surface area contributed by atoms with E-state index in [-0.39, 0.29) is 12.5 Å². The number of benzene rings is 1. The Kier molecular flexibility index (Phi) is 3.69. The third-order valence-corrected chi connectivity index (χ3v) is 3.72. The molecule has 21 heavy (non-hydrogen) atoms. The van der Waals surface area contributed by atoms with Gasteiger partial charge in [0.2, 0.25) is 5.91 Å². The van der Waals surface area contributed by atoms with Crippen molar-refractivity contribution in [2.75, 3.05) is 5.32 Å². The molecule has 0 radical (unpaired) electrons. The molecule has 2 aromatic rings. The van der Waals surface area contributed by atoms with E-state index in [2.05, 4.69) is 16.4 Å². The van der Waals surface area contributed by atoms with Crippen LogP contribution in [0, 0.1) is 11.3 Å². The number of hydrogen-bond donors (Lipinski definition) is 1. The molecule has 3 rings (SSSR count). The molecular weight excluding hydrogens is 264 g/mol. The first-order valence-corrected chi connectivity index (χ1v) is 7.09. The second-order valence-corrected chi connectivity index (χ2v) is 5.21. The lowest BCUT2D eigenvalue weighted by Gasteiger charge is -2.14. The van der Waals surface area contributed by atoms with Gasteiger partial charge in [-0.2, -0.15) is 5.26 Å². The Morgan fingerprint density at radius 2 is 2.05 bits per heavy atom. The van der Waals surface area contributed by atoms with Crippen LogP contribution in [0.4, 0.5) is 5.69 Å². The van der Waals surface area contributed by atoms with Crippen molar-refractivity contribution >= 4 is 11.6 Å². The third kappa shape index (κ3) is 2.95. The number of amides is 1. The zero-order chi connectivity index (χ0) is 14.7. The highest BCUT2D eigenvalue weighted by Crippen LogP contribution is 2.19. The molecule has 5 heteroatoms. The van der Waals surface area contributed by atoms with Crippen molar-refractivity contribution in [3.8, 4) is 6.07 Å². The number of imidazole rings is 1. The molecule has 0 atom stereocenters. The molecule has 0 aliphatic heterocycles. The van der Waals surface area contributed by atoms with Gasteiger partial charge in [0.05, 0.1) is 23.7 Å². The van der Waals surface area contributed by atoms with Gasteiger partial charge in [0.25, 0.3) is 0 Å². The average molecular weight is 280 g/mol. The van der Waals surface area contributed by atoms with Gasteiger partial charge in [-0.1, -0.05) is 0 Å². The van der Waals surface area contributed by atoms with E-state index < -0.39 is 0 Å². The molecule has 1 heterocycles. The highest BCUT2D eigenvalue weighted by molar-refractivity contribution is 5.90. The lowest BCUT2D eigenvalue weighted by atomic mass is 10.0. The van der Waals surface area contributed by atoms with Crippen LogP contribution >= 0.6 is 0 Å². The maximum Gasteiger partial charge on any atom is 0.244 e. The molecule has 5 nitrogen and oxygen atoms in total. The summed E-state index contributed by atoms with van der Waals surface area (Å²) in [4.78, 5) is 16.5. The van der Waals surface area contributed by atoms with Gasteiger partial charge in [-0.3, -0.25) is 4.79 Å². The molecule has 0 saturated carbocycles. The quantitative estimate of drug-likeness (QED) is 0.937. The minimum Gasteiger partial charge on any atom is -0.325 e. The number of aromatic nitrogens is 2. The van der Waals surface area contributed by atoms with E-state index in [1.165, 1.54) is 12.1 Å². The minimum absolute atomic E-state index is 0.0783. The summed E-state index contributed by atoms with van der Waals surface area (Å²) in [5.41, 5.74) is 3.60. The molecule has 1 aromatic heterocycles. The zero-order valence-electron chi connectivity index (χ0n) is 11.7. The van der Waals surface area contributed by atoms with Crippen LogP contribution in [-0.4, -0.2) is 15.5 Å². The molecule has 1 N–H and O–H groups in total. The highest BCUT2D eigenvalue weighted by Gasteiger charge is 2.16. The second-order valence-electron chi connectivity index (χ2n) is 5.21. The Hall–Kier alpha value is -2.61. The van der Waals surface area contributed by atoms with Crippen LogP contribution < -0.4 is 5.32 Å². The molecule has 0 saturated heterocycles. The summed E-state index contributed by atoms with van der Waals surface area (Å²) in [6.07, 6.45) is 6.12. The Labute approximate surface area is 123 Å². The number of hydrogen-bond acceptors (Lipinski definition) is 3. The smallest absolute Gasteiger partial charge is 0.244 e. The van der Waals surface area contributed by atoms with Gasteiger partial charge in [0.1, 0.15) is 6.54 Å². The van der Waals surface area contributed by atoms with Crippen LogP contribution in [0.25, 0.3) is 0 Å². The average Bonchev–Trinajstić information content (AvgIpc) is 2.91.